The number of amides is 3. The minimum absolute atomic E-state index is 0.245. The van der Waals surface area contributed by atoms with Gasteiger partial charge in [-0.3, -0.25) is 9.69 Å². The Morgan fingerprint density at radius 3 is 2.48 bits per heavy atom. The van der Waals surface area contributed by atoms with E-state index in [0.717, 1.165) is 10.5 Å². The summed E-state index contributed by atoms with van der Waals surface area (Å²) in [7, 11) is 0. The fourth-order valence-corrected chi connectivity index (χ4v) is 4.08. The largest absolute Gasteiger partial charge is 0.359 e. The van der Waals surface area contributed by atoms with Gasteiger partial charge in [-0.2, -0.15) is 0 Å². The van der Waals surface area contributed by atoms with Gasteiger partial charge in [-0.15, -0.1) is 0 Å². The van der Waals surface area contributed by atoms with E-state index in [0.29, 0.717) is 20.9 Å². The highest BCUT2D eigenvalue weighted by Crippen LogP contribution is 2.41. The average Bonchev–Trinajstić information content (AvgIpc) is 2.76. The van der Waals surface area contributed by atoms with Gasteiger partial charge in [-0.1, -0.05) is 57.9 Å². The highest BCUT2D eigenvalue weighted by atomic mass is 79.9. The molecular formula is C23H19BrClN3O3. The van der Waals surface area contributed by atoms with Crippen molar-refractivity contribution in [3.8, 4) is 0 Å². The predicted molar refractivity (Wildman–Crippen MR) is 124 cm³/mol. The minimum atomic E-state index is -2.29. The molecular weight excluding hydrogens is 482 g/mol. The van der Waals surface area contributed by atoms with Crippen LogP contribution in [0.4, 0.5) is 16.2 Å². The van der Waals surface area contributed by atoms with E-state index < -0.39 is 23.7 Å². The Morgan fingerprint density at radius 2 is 1.81 bits per heavy atom. The van der Waals surface area contributed by atoms with Crippen LogP contribution >= 0.6 is 27.5 Å². The first-order chi connectivity index (χ1) is 14.8. The van der Waals surface area contributed by atoms with Gasteiger partial charge in [0.05, 0.1) is 11.7 Å². The summed E-state index contributed by atoms with van der Waals surface area (Å²) in [4.78, 5) is 27.6. The van der Waals surface area contributed by atoms with E-state index in [1.54, 1.807) is 42.5 Å². The number of urea groups is 1. The molecule has 0 unspecified atom stereocenters. The quantitative estimate of drug-likeness (QED) is 0.462. The van der Waals surface area contributed by atoms with Gasteiger partial charge in [0, 0.05) is 20.7 Å². The first-order valence-electron chi connectivity index (χ1n) is 9.56. The van der Waals surface area contributed by atoms with Crippen LogP contribution < -0.4 is 15.5 Å². The lowest BCUT2D eigenvalue weighted by atomic mass is 9.94. The maximum Gasteiger partial charge on any atom is 0.329 e. The number of rotatable bonds is 4. The van der Waals surface area contributed by atoms with Crippen molar-refractivity contribution in [3.63, 3.8) is 0 Å². The lowest BCUT2D eigenvalue weighted by molar-refractivity contribution is -0.141. The monoisotopic (exact) mass is 499 g/mol. The Balaban J connectivity index is 1.82. The third kappa shape index (κ3) is 3.92. The Labute approximate surface area is 193 Å². The predicted octanol–water partition coefficient (Wildman–Crippen LogP) is 5.18. The van der Waals surface area contributed by atoms with E-state index in [-0.39, 0.29) is 5.56 Å². The summed E-state index contributed by atoms with van der Waals surface area (Å²) in [6, 6.07) is 19.6. The zero-order valence-corrected chi connectivity index (χ0v) is 18.8. The van der Waals surface area contributed by atoms with E-state index in [1.165, 1.54) is 0 Å². The molecule has 6 nitrogen and oxygen atoms in total. The van der Waals surface area contributed by atoms with Gasteiger partial charge in [0.2, 0.25) is 0 Å². The van der Waals surface area contributed by atoms with Crippen molar-refractivity contribution in [2.75, 3.05) is 10.2 Å². The fourth-order valence-electron chi connectivity index (χ4n) is 3.59. The number of hydrogen-bond donors (Lipinski definition) is 3. The molecule has 3 N–H and O–H groups in total. The molecule has 158 valence electrons. The Bertz CT molecular complexity index is 1140. The summed E-state index contributed by atoms with van der Waals surface area (Å²) in [6.45, 7) is 1.81. The molecule has 8 heteroatoms. The Hall–Kier alpha value is -2.87. The van der Waals surface area contributed by atoms with Gasteiger partial charge in [0.15, 0.2) is 0 Å². The van der Waals surface area contributed by atoms with Crippen molar-refractivity contribution in [1.29, 1.82) is 0 Å². The van der Waals surface area contributed by atoms with Crippen LogP contribution in [-0.4, -0.2) is 17.0 Å². The highest BCUT2D eigenvalue weighted by molar-refractivity contribution is 9.10. The number of anilines is 2. The van der Waals surface area contributed by atoms with Crippen LogP contribution in [0.2, 0.25) is 5.02 Å². The zero-order valence-electron chi connectivity index (χ0n) is 16.5. The molecule has 0 aliphatic carbocycles. The number of nitrogens with one attached hydrogen (secondary N) is 2. The molecule has 1 aliphatic rings. The summed E-state index contributed by atoms with van der Waals surface area (Å²) in [5.41, 5.74) is -0.513. The average molecular weight is 501 g/mol. The van der Waals surface area contributed by atoms with Crippen molar-refractivity contribution >= 4 is 50.8 Å². The molecule has 0 radical (unpaired) electrons. The summed E-state index contributed by atoms with van der Waals surface area (Å²) in [5.74, 6) is -0.729. The van der Waals surface area contributed by atoms with E-state index in [1.807, 2.05) is 37.3 Å². The standard InChI is InChI=1S/C23H19BrClN3O3/c1-14(15-5-3-2-4-6-15)26-21(29)23(31)19-13-16(24)7-12-20(19)27-22(30)28(23)18-10-8-17(25)9-11-18/h2-14,31H,1H3,(H,26,29)(H,27,30)/t14-,23-/m1/s1. The maximum absolute atomic E-state index is 13.5. The van der Waals surface area contributed by atoms with Gasteiger partial charge >= 0.3 is 6.03 Å². The number of fused-ring (bicyclic) bond motifs is 1. The van der Waals surface area contributed by atoms with Gasteiger partial charge in [0.1, 0.15) is 0 Å². The molecule has 0 saturated carbocycles. The van der Waals surface area contributed by atoms with Crippen molar-refractivity contribution in [2.24, 2.45) is 0 Å². The summed E-state index contributed by atoms with van der Waals surface area (Å²) >= 11 is 9.38. The van der Waals surface area contributed by atoms with Crippen LogP contribution in [0.15, 0.2) is 77.3 Å². The summed E-state index contributed by atoms with van der Waals surface area (Å²) < 4.78 is 0.654. The molecule has 3 aromatic rings. The van der Waals surface area contributed by atoms with Crippen LogP contribution in [0.3, 0.4) is 0 Å². The van der Waals surface area contributed by atoms with Gasteiger partial charge < -0.3 is 15.7 Å². The third-order valence-electron chi connectivity index (χ3n) is 5.17. The smallest absolute Gasteiger partial charge is 0.329 e. The van der Waals surface area contributed by atoms with Crippen LogP contribution in [0, 0.1) is 0 Å². The molecule has 3 amide bonds. The number of carbonyl (C=O) groups is 2. The van der Waals surface area contributed by atoms with Crippen molar-refractivity contribution in [3.05, 3.63) is 93.4 Å². The molecule has 3 aromatic carbocycles. The number of aliphatic hydroxyl groups is 1. The van der Waals surface area contributed by atoms with E-state index in [9.17, 15) is 14.7 Å². The molecule has 0 spiro atoms. The molecule has 0 bridgehead atoms. The topological polar surface area (TPSA) is 81.7 Å². The second kappa shape index (κ2) is 8.34. The van der Waals surface area contributed by atoms with Gasteiger partial charge in [-0.25, -0.2) is 4.79 Å². The number of hydrogen-bond acceptors (Lipinski definition) is 3. The number of halogens is 2. The highest BCUT2D eigenvalue weighted by Gasteiger charge is 2.52. The van der Waals surface area contributed by atoms with Crippen LogP contribution in [-0.2, 0) is 10.5 Å². The van der Waals surface area contributed by atoms with Gasteiger partial charge in [0.25, 0.3) is 11.6 Å². The van der Waals surface area contributed by atoms with Crippen molar-refractivity contribution in [1.82, 2.24) is 5.32 Å². The normalized spacial score (nSPS) is 18.7. The molecule has 31 heavy (non-hydrogen) atoms. The van der Waals surface area contributed by atoms with Crippen LogP contribution in [0.1, 0.15) is 24.1 Å². The SMILES string of the molecule is C[C@@H](NC(=O)[C@]1(O)c2cc(Br)ccc2NC(=O)N1c1ccc(Cl)cc1)c1ccccc1. The lowest BCUT2D eigenvalue weighted by Gasteiger charge is -2.43. The van der Waals surface area contributed by atoms with E-state index >= 15 is 0 Å². The molecule has 4 rings (SSSR count). The fraction of sp³-hybridized carbons (Fsp3) is 0.130. The molecule has 1 heterocycles. The second-order valence-electron chi connectivity index (χ2n) is 7.21. The Morgan fingerprint density at radius 1 is 1.13 bits per heavy atom. The molecule has 1 aliphatic heterocycles. The third-order valence-corrected chi connectivity index (χ3v) is 5.92. The molecule has 0 saturated heterocycles. The molecule has 0 fully saturated rings. The van der Waals surface area contributed by atoms with Crippen LogP contribution in [0.25, 0.3) is 0 Å². The number of nitrogens with zero attached hydrogens (tertiary/aromatic N) is 1. The van der Waals surface area contributed by atoms with Crippen molar-refractivity contribution < 1.29 is 14.7 Å². The second-order valence-corrected chi connectivity index (χ2v) is 8.56. The van der Waals surface area contributed by atoms with E-state index in [4.69, 9.17) is 11.6 Å². The maximum atomic E-state index is 13.5. The van der Waals surface area contributed by atoms with E-state index in [2.05, 4.69) is 26.6 Å². The summed E-state index contributed by atoms with van der Waals surface area (Å²) in [5, 5.41) is 17.9. The zero-order chi connectivity index (χ0) is 22.2. The Kier molecular flexibility index (Phi) is 5.75. The first kappa shape index (κ1) is 21.4. The van der Waals surface area contributed by atoms with Crippen LogP contribution in [0.5, 0.6) is 0 Å². The van der Waals surface area contributed by atoms with Gasteiger partial charge in [-0.05, 0) is 55.0 Å². The lowest BCUT2D eigenvalue weighted by Crippen LogP contribution is -2.62. The first-order valence-corrected chi connectivity index (χ1v) is 10.7. The minimum Gasteiger partial charge on any atom is -0.359 e. The summed E-state index contributed by atoms with van der Waals surface area (Å²) in [6.07, 6.45) is 0. The molecule has 0 aromatic heterocycles. The number of carbonyl (C=O) groups excluding carboxylic acids is 2. The molecule has 2 atom stereocenters. The van der Waals surface area contributed by atoms with Crippen molar-refractivity contribution in [2.45, 2.75) is 18.7 Å². The number of benzene rings is 3.